The Morgan fingerprint density at radius 2 is 2.00 bits per heavy atom. The molecule has 0 bridgehead atoms. The van der Waals surface area contributed by atoms with E-state index in [0.717, 1.165) is 19.0 Å². The van der Waals surface area contributed by atoms with Crippen molar-refractivity contribution in [3.63, 3.8) is 0 Å². The molecule has 0 atom stereocenters. The van der Waals surface area contributed by atoms with E-state index < -0.39 is 0 Å². The van der Waals surface area contributed by atoms with E-state index in [1.54, 1.807) is 0 Å². The van der Waals surface area contributed by atoms with E-state index in [4.69, 9.17) is 4.74 Å². The number of nitrogens with zero attached hydrogens (tertiary/aromatic N) is 1. The third-order valence-electron chi connectivity index (χ3n) is 2.98. The molecular weight excluding hydrogens is 226 g/mol. The summed E-state index contributed by atoms with van der Waals surface area (Å²) in [6.45, 7) is 3.02. The molecule has 4 heteroatoms. The molecule has 1 rings (SSSR count). The first-order chi connectivity index (χ1) is 7.18. The highest BCUT2D eigenvalue weighted by Crippen LogP contribution is 2.35. The largest absolute Gasteiger partial charge is 0.381 e. The Morgan fingerprint density at radius 1 is 1.33 bits per heavy atom. The van der Waals surface area contributed by atoms with Crippen LogP contribution < -0.4 is 0 Å². The molecule has 15 heavy (non-hydrogen) atoms. The maximum absolute atomic E-state index is 5.42. The number of rotatable bonds is 6. The maximum Gasteiger partial charge on any atom is 0.0471 e. The lowest BCUT2D eigenvalue weighted by Crippen LogP contribution is -2.34. The van der Waals surface area contributed by atoms with E-state index in [1.807, 2.05) is 0 Å². The van der Waals surface area contributed by atoms with Crippen molar-refractivity contribution in [2.24, 2.45) is 5.41 Å². The normalized spacial score (nSPS) is 20.8. The minimum Gasteiger partial charge on any atom is -0.381 e. The lowest BCUT2D eigenvalue weighted by atomic mass is 9.84. The van der Waals surface area contributed by atoms with E-state index in [1.165, 1.54) is 30.9 Å². The van der Waals surface area contributed by atoms with Crippen molar-refractivity contribution >= 4 is 24.4 Å². The Balaban J connectivity index is 2.20. The molecule has 1 aliphatic rings. The Labute approximate surface area is 104 Å². The smallest absolute Gasteiger partial charge is 0.0471 e. The second-order valence-electron chi connectivity index (χ2n) is 4.63. The molecule has 1 heterocycles. The van der Waals surface area contributed by atoms with Gasteiger partial charge in [0.15, 0.2) is 0 Å². The average Bonchev–Trinajstić information content (AvgIpc) is 2.26. The van der Waals surface area contributed by atoms with Gasteiger partial charge in [0.25, 0.3) is 0 Å². The quantitative estimate of drug-likeness (QED) is 0.571. The molecule has 0 unspecified atom stereocenters. The molecule has 90 valence electrons. The van der Waals surface area contributed by atoms with Crippen LogP contribution in [-0.4, -0.2) is 56.0 Å². The number of thiol groups is 1. The minimum atomic E-state index is 0.443. The van der Waals surface area contributed by atoms with Crippen LogP contribution in [0.1, 0.15) is 12.8 Å². The lowest BCUT2D eigenvalue weighted by Gasteiger charge is -2.35. The summed E-state index contributed by atoms with van der Waals surface area (Å²) in [7, 11) is 4.26. The lowest BCUT2D eigenvalue weighted by molar-refractivity contribution is 0.0371. The van der Waals surface area contributed by atoms with Crippen molar-refractivity contribution in [3.8, 4) is 0 Å². The van der Waals surface area contributed by atoms with Crippen molar-refractivity contribution in [2.75, 3.05) is 51.1 Å². The van der Waals surface area contributed by atoms with Gasteiger partial charge in [-0.2, -0.15) is 24.4 Å². The topological polar surface area (TPSA) is 12.5 Å². The van der Waals surface area contributed by atoms with Crippen LogP contribution in [0.2, 0.25) is 0 Å². The fourth-order valence-electron chi connectivity index (χ4n) is 1.69. The number of hydrogen-bond donors (Lipinski definition) is 1. The summed E-state index contributed by atoms with van der Waals surface area (Å²) in [4.78, 5) is 2.24. The third kappa shape index (κ3) is 4.98. The van der Waals surface area contributed by atoms with Gasteiger partial charge in [-0.1, -0.05) is 0 Å². The SMILES string of the molecule is CN(C)CCSCC1(CS)CCOCC1. The summed E-state index contributed by atoms with van der Waals surface area (Å²) >= 11 is 6.58. The average molecular weight is 249 g/mol. The molecule has 0 saturated carbocycles. The predicted molar refractivity (Wildman–Crippen MR) is 72.2 cm³/mol. The zero-order valence-electron chi connectivity index (χ0n) is 9.87. The second kappa shape index (κ2) is 7.05. The van der Waals surface area contributed by atoms with Gasteiger partial charge in [0.2, 0.25) is 0 Å². The molecule has 0 aromatic heterocycles. The maximum atomic E-state index is 5.42. The molecule has 1 saturated heterocycles. The van der Waals surface area contributed by atoms with Crippen molar-refractivity contribution in [3.05, 3.63) is 0 Å². The minimum absolute atomic E-state index is 0.443. The monoisotopic (exact) mass is 249 g/mol. The van der Waals surface area contributed by atoms with Crippen molar-refractivity contribution in [1.82, 2.24) is 4.90 Å². The summed E-state index contributed by atoms with van der Waals surface area (Å²) in [6, 6.07) is 0. The first-order valence-corrected chi connectivity index (χ1v) is 7.38. The molecular formula is C11H23NOS2. The first-order valence-electron chi connectivity index (χ1n) is 5.60. The van der Waals surface area contributed by atoms with E-state index in [-0.39, 0.29) is 0 Å². The Bertz CT molecular complexity index is 170. The van der Waals surface area contributed by atoms with Crippen molar-refractivity contribution < 1.29 is 4.74 Å². The van der Waals surface area contributed by atoms with E-state index in [9.17, 15) is 0 Å². The number of ether oxygens (including phenoxy) is 1. The van der Waals surface area contributed by atoms with Gasteiger partial charge in [-0.25, -0.2) is 0 Å². The van der Waals surface area contributed by atoms with Gasteiger partial charge < -0.3 is 9.64 Å². The van der Waals surface area contributed by atoms with Crippen LogP contribution in [0.5, 0.6) is 0 Å². The molecule has 0 spiro atoms. The van der Waals surface area contributed by atoms with E-state index in [0.29, 0.717) is 5.41 Å². The molecule has 0 amide bonds. The fraction of sp³-hybridized carbons (Fsp3) is 1.00. The van der Waals surface area contributed by atoms with Crippen LogP contribution in [-0.2, 0) is 4.74 Å². The van der Waals surface area contributed by atoms with Gasteiger partial charge >= 0.3 is 0 Å². The van der Waals surface area contributed by atoms with Crippen LogP contribution in [0, 0.1) is 5.41 Å². The highest BCUT2D eigenvalue weighted by atomic mass is 32.2. The summed E-state index contributed by atoms with van der Waals surface area (Å²) in [6.07, 6.45) is 2.37. The third-order valence-corrected chi connectivity index (χ3v) is 4.94. The molecule has 0 aromatic rings. The Morgan fingerprint density at radius 3 is 2.53 bits per heavy atom. The van der Waals surface area contributed by atoms with Crippen LogP contribution in [0.25, 0.3) is 0 Å². The van der Waals surface area contributed by atoms with Crippen LogP contribution in [0.3, 0.4) is 0 Å². The summed E-state index contributed by atoms with van der Waals surface area (Å²) < 4.78 is 5.42. The van der Waals surface area contributed by atoms with Gasteiger partial charge in [-0.15, -0.1) is 0 Å². The molecule has 0 aliphatic carbocycles. The predicted octanol–water partition coefficient (Wildman–Crippen LogP) is 2.01. The highest BCUT2D eigenvalue weighted by Gasteiger charge is 2.30. The zero-order valence-corrected chi connectivity index (χ0v) is 11.6. The van der Waals surface area contributed by atoms with Gasteiger partial charge in [0.05, 0.1) is 0 Å². The molecule has 1 fully saturated rings. The molecule has 2 nitrogen and oxygen atoms in total. The summed E-state index contributed by atoms with van der Waals surface area (Å²) in [5, 5.41) is 0. The van der Waals surface area contributed by atoms with E-state index in [2.05, 4.69) is 43.4 Å². The van der Waals surface area contributed by atoms with Crippen molar-refractivity contribution in [1.29, 1.82) is 0 Å². The number of hydrogen-bond acceptors (Lipinski definition) is 4. The fourth-order valence-corrected chi connectivity index (χ4v) is 3.73. The second-order valence-corrected chi connectivity index (χ2v) is 6.05. The van der Waals surface area contributed by atoms with Crippen LogP contribution in [0.15, 0.2) is 0 Å². The zero-order chi connectivity index (χ0) is 11.1. The highest BCUT2D eigenvalue weighted by molar-refractivity contribution is 7.99. The first kappa shape index (κ1) is 13.7. The molecule has 0 N–H and O–H groups in total. The Hall–Kier alpha value is 0.620. The number of thioether (sulfide) groups is 1. The van der Waals surface area contributed by atoms with Gasteiger partial charge in [-0.05, 0) is 43.9 Å². The van der Waals surface area contributed by atoms with E-state index >= 15 is 0 Å². The standard InChI is InChI=1S/C11H23NOS2/c1-12(2)5-8-15-10-11(9-14)3-6-13-7-4-11/h14H,3-10H2,1-2H3. The van der Waals surface area contributed by atoms with Crippen LogP contribution >= 0.6 is 24.4 Å². The van der Waals surface area contributed by atoms with Gasteiger partial charge in [0.1, 0.15) is 0 Å². The Kier molecular flexibility index (Phi) is 6.43. The molecule has 0 aromatic carbocycles. The molecule has 1 aliphatic heterocycles. The summed E-state index contributed by atoms with van der Waals surface area (Å²) in [5.41, 5.74) is 0.443. The molecule has 0 radical (unpaired) electrons. The van der Waals surface area contributed by atoms with Crippen LogP contribution in [0.4, 0.5) is 0 Å². The van der Waals surface area contributed by atoms with Gasteiger partial charge in [0, 0.05) is 25.5 Å². The summed E-state index contributed by atoms with van der Waals surface area (Å²) in [5.74, 6) is 3.47. The van der Waals surface area contributed by atoms with Gasteiger partial charge in [-0.3, -0.25) is 0 Å². The van der Waals surface area contributed by atoms with Crippen molar-refractivity contribution in [2.45, 2.75) is 12.8 Å².